The lowest BCUT2D eigenvalue weighted by atomic mass is 9.98. The lowest BCUT2D eigenvalue weighted by Crippen LogP contribution is -2.34. The molecule has 0 aliphatic carbocycles. The van der Waals surface area contributed by atoms with Crippen molar-refractivity contribution in [3.8, 4) is 11.1 Å². The van der Waals surface area contributed by atoms with Crippen molar-refractivity contribution in [3.05, 3.63) is 62.6 Å². The van der Waals surface area contributed by atoms with Crippen LogP contribution in [0.2, 0.25) is 0 Å². The van der Waals surface area contributed by atoms with Crippen molar-refractivity contribution >= 4 is 22.7 Å². The number of aryl methyl sites for hydroxylation is 1. The Kier molecular flexibility index (Phi) is 5.09. The molecule has 0 spiro atoms. The molecule has 28 heavy (non-hydrogen) atoms. The number of hydrogen-bond donors (Lipinski definition) is 1. The third kappa shape index (κ3) is 3.28. The van der Waals surface area contributed by atoms with Crippen LogP contribution in [0.1, 0.15) is 5.56 Å². The number of ether oxygens (including phenoxy) is 2. The summed E-state index contributed by atoms with van der Waals surface area (Å²) >= 11 is 1.53. The summed E-state index contributed by atoms with van der Waals surface area (Å²) in [7, 11) is 1.54. The van der Waals surface area contributed by atoms with E-state index in [1.54, 1.807) is 29.9 Å². The number of H-pyrrole nitrogens is 1. The topological polar surface area (TPSA) is 73.3 Å². The van der Waals surface area contributed by atoms with Crippen molar-refractivity contribution in [1.82, 2.24) is 9.55 Å². The van der Waals surface area contributed by atoms with Crippen molar-refractivity contribution in [2.24, 2.45) is 0 Å². The average Bonchev–Trinajstić information content (AvgIpc) is 2.86. The van der Waals surface area contributed by atoms with Gasteiger partial charge >= 0.3 is 5.69 Å². The minimum atomic E-state index is -0.471. The first-order valence-electron chi connectivity index (χ1n) is 8.79. The highest BCUT2D eigenvalue weighted by atomic mass is 32.2. The minimum absolute atomic E-state index is 0.118. The Balaban J connectivity index is 2.00. The summed E-state index contributed by atoms with van der Waals surface area (Å²) in [4.78, 5) is 28.3. The predicted octanol–water partition coefficient (Wildman–Crippen LogP) is 2.90. The molecule has 1 aliphatic heterocycles. The van der Waals surface area contributed by atoms with Gasteiger partial charge in [0.05, 0.1) is 23.6 Å². The smallest absolute Gasteiger partial charge is 0.328 e. The predicted molar refractivity (Wildman–Crippen MR) is 106 cm³/mol. The van der Waals surface area contributed by atoms with E-state index in [2.05, 4.69) is 4.98 Å². The molecule has 8 heteroatoms. The Morgan fingerprint density at radius 1 is 1.29 bits per heavy atom. The number of nitrogens with zero attached hydrogens (tertiary/aromatic N) is 1. The molecule has 1 aromatic heterocycles. The molecule has 146 valence electrons. The van der Waals surface area contributed by atoms with E-state index in [1.165, 1.54) is 23.9 Å². The van der Waals surface area contributed by atoms with Crippen molar-refractivity contribution in [1.29, 1.82) is 0 Å². The Hall–Kier alpha value is -2.42. The Bertz CT molecular complexity index is 1150. The normalized spacial score (nSPS) is 16.3. The second-order valence-corrected chi connectivity index (χ2v) is 7.71. The number of rotatable bonds is 4. The molecule has 2 heterocycles. The molecule has 1 atom stereocenters. The molecule has 1 aliphatic rings. The summed E-state index contributed by atoms with van der Waals surface area (Å²) in [5, 5.41) is 0.456. The van der Waals surface area contributed by atoms with Gasteiger partial charge in [0.1, 0.15) is 12.6 Å². The number of benzene rings is 2. The zero-order chi connectivity index (χ0) is 19.8. The molecule has 1 N–H and O–H groups in total. The molecule has 0 amide bonds. The van der Waals surface area contributed by atoms with Gasteiger partial charge in [-0.15, -0.1) is 11.8 Å². The summed E-state index contributed by atoms with van der Waals surface area (Å²) in [6, 6.07) is 8.01. The van der Waals surface area contributed by atoms with E-state index < -0.39 is 11.2 Å². The highest BCUT2D eigenvalue weighted by Gasteiger charge is 2.25. The number of aromatic amines is 1. The van der Waals surface area contributed by atoms with Crippen molar-refractivity contribution in [3.63, 3.8) is 0 Å². The SMILES string of the molecule is COCO[C@@H]1CSc2c(-c3ccc(F)cc3)c(C)cc3c(=O)[nH]c(=O)n(c23)C1. The quantitative estimate of drug-likeness (QED) is 0.680. The Morgan fingerprint density at radius 3 is 2.75 bits per heavy atom. The number of nitrogens with one attached hydrogen (secondary N) is 1. The molecule has 0 bridgehead atoms. The monoisotopic (exact) mass is 402 g/mol. The Labute approximate surface area is 164 Å². The zero-order valence-corrected chi connectivity index (χ0v) is 16.3. The van der Waals surface area contributed by atoms with Crippen molar-refractivity contribution in [2.45, 2.75) is 24.5 Å². The molecule has 3 aromatic rings. The molecule has 2 aromatic carbocycles. The molecule has 0 fully saturated rings. The van der Waals surface area contributed by atoms with Gasteiger partial charge in [-0.1, -0.05) is 12.1 Å². The lowest BCUT2D eigenvalue weighted by Gasteiger charge is -2.16. The lowest BCUT2D eigenvalue weighted by molar-refractivity contribution is -0.0679. The van der Waals surface area contributed by atoms with Gasteiger partial charge in [-0.3, -0.25) is 14.3 Å². The average molecular weight is 402 g/mol. The van der Waals surface area contributed by atoms with Crippen LogP contribution in [0.5, 0.6) is 0 Å². The number of thioether (sulfide) groups is 1. The first-order valence-corrected chi connectivity index (χ1v) is 9.78. The van der Waals surface area contributed by atoms with Crippen molar-refractivity contribution < 1.29 is 13.9 Å². The molecule has 0 radical (unpaired) electrons. The molecule has 0 unspecified atom stereocenters. The fourth-order valence-electron chi connectivity index (χ4n) is 3.54. The molecule has 0 saturated heterocycles. The van der Waals surface area contributed by atoms with Crippen LogP contribution in [-0.4, -0.2) is 35.3 Å². The van der Waals surface area contributed by atoms with Crippen molar-refractivity contribution in [2.75, 3.05) is 19.7 Å². The van der Waals surface area contributed by atoms with Crippen LogP contribution in [0.4, 0.5) is 4.39 Å². The van der Waals surface area contributed by atoms with Crippen LogP contribution < -0.4 is 11.2 Å². The van der Waals surface area contributed by atoms with E-state index in [0.29, 0.717) is 23.2 Å². The number of hydrogen-bond acceptors (Lipinski definition) is 5. The summed E-state index contributed by atoms with van der Waals surface area (Å²) in [6.45, 7) is 2.34. The molecule has 0 saturated carbocycles. The maximum absolute atomic E-state index is 13.4. The third-order valence-electron chi connectivity index (χ3n) is 4.79. The Morgan fingerprint density at radius 2 is 2.04 bits per heavy atom. The van der Waals surface area contributed by atoms with E-state index >= 15 is 0 Å². The van der Waals surface area contributed by atoms with Gasteiger partial charge in [-0.05, 0) is 36.2 Å². The zero-order valence-electron chi connectivity index (χ0n) is 15.5. The maximum atomic E-state index is 13.4. The van der Waals surface area contributed by atoms with Crippen LogP contribution in [0, 0.1) is 12.7 Å². The van der Waals surface area contributed by atoms with Gasteiger partial charge in [0.15, 0.2) is 0 Å². The standard InChI is InChI=1S/C20H19FN2O4S/c1-11-7-15-17-18(16(11)12-3-5-13(21)6-4-12)28-9-14(27-10-26-2)8-23(17)20(25)22-19(15)24/h3-7,14H,8-10H2,1-2H3,(H,22,24,25)/t14-/m0/s1. The summed E-state index contributed by atoms with van der Waals surface area (Å²) in [5.41, 5.74) is 2.31. The van der Waals surface area contributed by atoms with Crippen LogP contribution in [0.15, 0.2) is 44.8 Å². The highest BCUT2D eigenvalue weighted by molar-refractivity contribution is 7.99. The first kappa shape index (κ1) is 18.9. The largest absolute Gasteiger partial charge is 0.359 e. The number of aromatic nitrogens is 2. The fraction of sp³-hybridized carbons (Fsp3) is 0.300. The van der Waals surface area contributed by atoms with Crippen LogP contribution in [0.25, 0.3) is 22.0 Å². The molecular weight excluding hydrogens is 383 g/mol. The van der Waals surface area contributed by atoms with Gasteiger partial charge in [-0.2, -0.15) is 0 Å². The molecule has 4 rings (SSSR count). The number of halogens is 1. The van der Waals surface area contributed by atoms with Gasteiger partial charge in [0.25, 0.3) is 5.56 Å². The van der Waals surface area contributed by atoms with E-state index in [0.717, 1.165) is 21.6 Å². The van der Waals surface area contributed by atoms with E-state index in [-0.39, 0.29) is 18.7 Å². The maximum Gasteiger partial charge on any atom is 0.328 e. The van der Waals surface area contributed by atoms with Gasteiger partial charge < -0.3 is 9.47 Å². The van der Waals surface area contributed by atoms with E-state index in [4.69, 9.17) is 9.47 Å². The van der Waals surface area contributed by atoms with Gasteiger partial charge in [0.2, 0.25) is 0 Å². The second-order valence-electron chi connectivity index (χ2n) is 6.68. The summed E-state index contributed by atoms with van der Waals surface area (Å²) < 4.78 is 25.7. The van der Waals surface area contributed by atoms with Crippen LogP contribution >= 0.6 is 11.8 Å². The van der Waals surface area contributed by atoms with Crippen LogP contribution in [0.3, 0.4) is 0 Å². The van der Waals surface area contributed by atoms with E-state index in [1.807, 2.05) is 6.92 Å². The highest BCUT2D eigenvalue weighted by Crippen LogP contribution is 2.40. The van der Waals surface area contributed by atoms with E-state index in [9.17, 15) is 14.0 Å². The third-order valence-corrected chi connectivity index (χ3v) is 6.01. The van der Waals surface area contributed by atoms with Crippen LogP contribution in [-0.2, 0) is 16.0 Å². The molecule has 6 nitrogen and oxygen atoms in total. The summed E-state index contributed by atoms with van der Waals surface area (Å²) in [5.74, 6) is 0.271. The minimum Gasteiger partial charge on any atom is -0.359 e. The number of methoxy groups -OCH3 is 1. The second kappa shape index (κ2) is 7.54. The van der Waals surface area contributed by atoms with Gasteiger partial charge in [0, 0.05) is 23.3 Å². The summed E-state index contributed by atoms with van der Waals surface area (Å²) in [6.07, 6.45) is -0.259. The molecular formula is C20H19FN2O4S. The van der Waals surface area contributed by atoms with Gasteiger partial charge in [-0.25, -0.2) is 9.18 Å². The first-order chi connectivity index (χ1) is 13.5. The fourth-order valence-corrected chi connectivity index (χ4v) is 4.87.